The molecule has 0 saturated heterocycles. The summed E-state index contributed by atoms with van der Waals surface area (Å²) in [6.45, 7) is 5.88. The average molecular weight is 317 g/mol. The maximum absolute atomic E-state index is 14.2. The van der Waals surface area contributed by atoms with Crippen LogP contribution in [0, 0.1) is 5.82 Å². The van der Waals surface area contributed by atoms with Crippen LogP contribution in [0.25, 0.3) is 11.3 Å². The molecular weight excluding hydrogens is 293 g/mol. The molecule has 2 aromatic rings. The van der Waals surface area contributed by atoms with Gasteiger partial charge in [0.1, 0.15) is 17.6 Å². The molecule has 4 nitrogen and oxygen atoms in total. The van der Waals surface area contributed by atoms with Crippen LogP contribution in [-0.4, -0.2) is 41.4 Å². The summed E-state index contributed by atoms with van der Waals surface area (Å²) in [5.41, 5.74) is 2.25. The molecule has 0 radical (unpaired) electrons. The number of benzene rings is 1. The monoisotopic (exact) mass is 317 g/mol. The molecule has 0 spiro atoms. The van der Waals surface area contributed by atoms with E-state index < -0.39 is 0 Å². The smallest absolute Gasteiger partial charge is 0.216 e. The molecule has 23 heavy (non-hydrogen) atoms. The van der Waals surface area contributed by atoms with Crippen molar-refractivity contribution in [3.05, 3.63) is 35.6 Å². The minimum absolute atomic E-state index is 0.153. The van der Waals surface area contributed by atoms with Crippen molar-refractivity contribution in [2.45, 2.75) is 38.8 Å². The third-order valence-corrected chi connectivity index (χ3v) is 4.16. The van der Waals surface area contributed by atoms with Gasteiger partial charge in [-0.1, -0.05) is 26.0 Å². The van der Waals surface area contributed by atoms with Crippen LogP contribution in [0.1, 0.15) is 31.7 Å². The Labute approximate surface area is 136 Å². The molecule has 1 aromatic carbocycles. The molecule has 1 aliphatic heterocycles. The Morgan fingerprint density at radius 2 is 2.09 bits per heavy atom. The van der Waals surface area contributed by atoms with Crippen molar-refractivity contribution in [2.24, 2.45) is 0 Å². The number of hydrogen-bond donors (Lipinski definition) is 0. The Morgan fingerprint density at radius 1 is 1.35 bits per heavy atom. The van der Waals surface area contributed by atoms with E-state index in [0.29, 0.717) is 11.3 Å². The molecule has 0 N–H and O–H groups in total. The molecule has 0 saturated carbocycles. The highest BCUT2D eigenvalue weighted by Gasteiger charge is 2.29. The molecule has 0 aliphatic carbocycles. The average Bonchev–Trinajstić information content (AvgIpc) is 2.85. The number of ether oxygens (including phenoxy) is 1. The predicted octanol–water partition coefficient (Wildman–Crippen LogP) is 3.53. The van der Waals surface area contributed by atoms with E-state index >= 15 is 0 Å². The second kappa shape index (κ2) is 6.32. The third-order valence-electron chi connectivity index (χ3n) is 4.16. The fourth-order valence-corrected chi connectivity index (χ4v) is 3.13. The summed E-state index contributed by atoms with van der Waals surface area (Å²) in [5, 5.41) is 4.65. The Morgan fingerprint density at radius 3 is 2.74 bits per heavy atom. The topological polar surface area (TPSA) is 30.3 Å². The first-order valence-electron chi connectivity index (χ1n) is 8.14. The summed E-state index contributed by atoms with van der Waals surface area (Å²) in [7, 11) is 4.09. The van der Waals surface area contributed by atoms with Crippen LogP contribution < -0.4 is 4.74 Å². The summed E-state index contributed by atoms with van der Waals surface area (Å²) in [6, 6.07) is 6.81. The van der Waals surface area contributed by atoms with Crippen LogP contribution in [0.3, 0.4) is 0 Å². The number of likely N-dealkylation sites (N-methyl/N-ethyl adjacent to an activating group) is 1. The second-order valence-electron chi connectivity index (χ2n) is 6.72. The van der Waals surface area contributed by atoms with Crippen LogP contribution in [0.5, 0.6) is 5.88 Å². The van der Waals surface area contributed by atoms with Gasteiger partial charge in [0.2, 0.25) is 5.88 Å². The third kappa shape index (κ3) is 3.11. The number of aryl methyl sites for hydroxylation is 1. The largest absolute Gasteiger partial charge is 0.473 e. The first-order chi connectivity index (χ1) is 11.0. The fraction of sp³-hybridized carbons (Fsp3) is 0.500. The lowest BCUT2D eigenvalue weighted by Gasteiger charge is -2.28. The zero-order chi connectivity index (χ0) is 16.6. The highest BCUT2D eigenvalue weighted by Crippen LogP contribution is 2.39. The summed E-state index contributed by atoms with van der Waals surface area (Å²) in [5.74, 6) is 0.775. The molecular formula is C18H24FN3O. The summed E-state index contributed by atoms with van der Waals surface area (Å²) in [6.07, 6.45) is 1.07. The van der Waals surface area contributed by atoms with Gasteiger partial charge < -0.3 is 9.64 Å². The maximum atomic E-state index is 14.2. The van der Waals surface area contributed by atoms with Gasteiger partial charge in [-0.15, -0.1) is 0 Å². The van der Waals surface area contributed by atoms with Crippen molar-refractivity contribution in [1.82, 2.24) is 14.7 Å². The molecule has 124 valence electrons. The van der Waals surface area contributed by atoms with Crippen molar-refractivity contribution < 1.29 is 9.13 Å². The SMILES string of the molecule is CC(C)c1c(-c2ccccc2F)nn2c1OC(CN(C)C)CC2. The van der Waals surface area contributed by atoms with Gasteiger partial charge in [0.15, 0.2) is 0 Å². The molecule has 0 amide bonds. The van der Waals surface area contributed by atoms with Crippen LogP contribution in [-0.2, 0) is 6.54 Å². The van der Waals surface area contributed by atoms with E-state index in [4.69, 9.17) is 4.74 Å². The Bertz CT molecular complexity index is 694. The molecule has 1 unspecified atom stereocenters. The normalized spacial score (nSPS) is 17.4. The van der Waals surface area contributed by atoms with Crippen LogP contribution in [0.2, 0.25) is 0 Å². The second-order valence-corrected chi connectivity index (χ2v) is 6.72. The maximum Gasteiger partial charge on any atom is 0.216 e. The van der Waals surface area contributed by atoms with Crippen molar-refractivity contribution in [3.63, 3.8) is 0 Å². The number of rotatable bonds is 4. The lowest BCUT2D eigenvalue weighted by molar-refractivity contribution is 0.104. The molecule has 5 heteroatoms. The van der Waals surface area contributed by atoms with Gasteiger partial charge >= 0.3 is 0 Å². The van der Waals surface area contributed by atoms with Crippen molar-refractivity contribution in [1.29, 1.82) is 0 Å². The van der Waals surface area contributed by atoms with Crippen molar-refractivity contribution >= 4 is 0 Å². The van der Waals surface area contributed by atoms with E-state index in [1.807, 2.05) is 24.8 Å². The van der Waals surface area contributed by atoms with Gasteiger partial charge in [-0.2, -0.15) is 5.10 Å². The fourth-order valence-electron chi connectivity index (χ4n) is 3.13. The lowest BCUT2D eigenvalue weighted by atomic mass is 9.98. The molecule has 1 aliphatic rings. The lowest BCUT2D eigenvalue weighted by Crippen LogP contribution is -2.35. The van der Waals surface area contributed by atoms with E-state index in [1.54, 1.807) is 12.1 Å². The first kappa shape index (κ1) is 16.0. The van der Waals surface area contributed by atoms with Crippen LogP contribution >= 0.6 is 0 Å². The Hall–Kier alpha value is -1.88. The number of halogens is 1. The van der Waals surface area contributed by atoms with E-state index in [1.165, 1.54) is 6.07 Å². The van der Waals surface area contributed by atoms with Gasteiger partial charge in [-0.05, 0) is 32.1 Å². The van der Waals surface area contributed by atoms with Crippen LogP contribution in [0.15, 0.2) is 24.3 Å². The van der Waals surface area contributed by atoms with Crippen molar-refractivity contribution in [3.8, 4) is 17.1 Å². The van der Waals surface area contributed by atoms with E-state index in [9.17, 15) is 4.39 Å². The number of hydrogen-bond acceptors (Lipinski definition) is 3. The number of fused-ring (bicyclic) bond motifs is 1. The molecule has 2 heterocycles. The summed E-state index contributed by atoms with van der Waals surface area (Å²) >= 11 is 0. The zero-order valence-electron chi connectivity index (χ0n) is 14.2. The Kier molecular flexibility index (Phi) is 4.39. The highest BCUT2D eigenvalue weighted by molar-refractivity contribution is 5.67. The zero-order valence-corrected chi connectivity index (χ0v) is 14.2. The molecule has 3 rings (SSSR count). The predicted molar refractivity (Wildman–Crippen MR) is 89.3 cm³/mol. The van der Waals surface area contributed by atoms with E-state index in [2.05, 4.69) is 23.8 Å². The molecule has 1 atom stereocenters. The number of nitrogens with zero attached hydrogens (tertiary/aromatic N) is 3. The van der Waals surface area contributed by atoms with E-state index in [0.717, 1.165) is 31.0 Å². The van der Waals surface area contributed by atoms with Crippen molar-refractivity contribution in [2.75, 3.05) is 20.6 Å². The summed E-state index contributed by atoms with van der Waals surface area (Å²) in [4.78, 5) is 2.13. The van der Waals surface area contributed by atoms with Gasteiger partial charge in [-0.25, -0.2) is 9.07 Å². The van der Waals surface area contributed by atoms with E-state index in [-0.39, 0.29) is 17.8 Å². The molecule has 0 bridgehead atoms. The van der Waals surface area contributed by atoms with Crippen LogP contribution in [0.4, 0.5) is 4.39 Å². The number of aromatic nitrogens is 2. The molecule has 1 aromatic heterocycles. The van der Waals surface area contributed by atoms with Gasteiger partial charge in [0.05, 0.1) is 0 Å². The van der Waals surface area contributed by atoms with Gasteiger partial charge in [0, 0.05) is 30.6 Å². The van der Waals surface area contributed by atoms with Gasteiger partial charge in [-0.3, -0.25) is 0 Å². The minimum Gasteiger partial charge on any atom is -0.473 e. The minimum atomic E-state index is -0.241. The quantitative estimate of drug-likeness (QED) is 0.864. The highest BCUT2D eigenvalue weighted by atomic mass is 19.1. The van der Waals surface area contributed by atoms with Gasteiger partial charge in [0.25, 0.3) is 0 Å². The summed E-state index contributed by atoms with van der Waals surface area (Å²) < 4.78 is 22.3. The molecule has 0 fully saturated rings. The standard InChI is InChI=1S/C18H24FN3O/c1-12(2)16-17(14-7-5-6-8-15(14)19)20-22-10-9-13(11-21(3)4)23-18(16)22/h5-8,12-13H,9-11H2,1-4H3. The first-order valence-corrected chi connectivity index (χ1v) is 8.14. The Balaban J connectivity index is 2.04.